The van der Waals surface area contributed by atoms with Gasteiger partial charge in [-0.1, -0.05) is 29.8 Å². The lowest BCUT2D eigenvalue weighted by atomic mass is 9.96. The molecule has 5 heteroatoms. The molecule has 1 aliphatic heterocycles. The van der Waals surface area contributed by atoms with E-state index in [0.29, 0.717) is 29.7 Å². The molecule has 3 nitrogen and oxygen atoms in total. The summed E-state index contributed by atoms with van der Waals surface area (Å²) in [6.45, 7) is 1.24. The molecule has 0 saturated heterocycles. The number of nitrogens with one attached hydrogen (secondary N) is 1. The third-order valence-corrected chi connectivity index (χ3v) is 4.81. The van der Waals surface area contributed by atoms with Gasteiger partial charge in [-0.3, -0.25) is 4.79 Å². The number of carbonyl (C=O) groups is 1. The topological polar surface area (TPSA) is 38.3 Å². The molecule has 2 aromatic rings. The summed E-state index contributed by atoms with van der Waals surface area (Å²) in [6.07, 6.45) is 0.925. The summed E-state index contributed by atoms with van der Waals surface area (Å²) in [4.78, 5) is 12.3. The van der Waals surface area contributed by atoms with Gasteiger partial charge in [0.2, 0.25) is 0 Å². The molecule has 1 amide bonds. The van der Waals surface area contributed by atoms with Crippen LogP contribution in [0.4, 0.5) is 0 Å². The predicted octanol–water partition coefficient (Wildman–Crippen LogP) is 3.93. The van der Waals surface area contributed by atoms with E-state index in [9.17, 15) is 4.79 Å². The monoisotopic (exact) mass is 427 g/mol. The second-order valence-corrected chi connectivity index (χ2v) is 6.92. The van der Waals surface area contributed by atoms with E-state index in [4.69, 9.17) is 16.3 Å². The first kappa shape index (κ1) is 15.6. The smallest absolute Gasteiger partial charge is 0.252 e. The van der Waals surface area contributed by atoms with Crippen LogP contribution < -0.4 is 10.1 Å². The molecule has 3 rings (SSSR count). The number of ether oxygens (including phenoxy) is 1. The fourth-order valence-electron chi connectivity index (χ4n) is 2.53. The van der Waals surface area contributed by atoms with Gasteiger partial charge in [-0.25, -0.2) is 0 Å². The van der Waals surface area contributed by atoms with Gasteiger partial charge >= 0.3 is 0 Å². The molecule has 0 saturated carbocycles. The average Bonchev–Trinajstić information content (AvgIpc) is 2.52. The molecule has 1 aliphatic rings. The third kappa shape index (κ3) is 3.55. The van der Waals surface area contributed by atoms with Gasteiger partial charge in [-0.15, -0.1) is 0 Å². The zero-order valence-corrected chi connectivity index (χ0v) is 14.7. The van der Waals surface area contributed by atoms with E-state index >= 15 is 0 Å². The Balaban J connectivity index is 1.60. The Morgan fingerprint density at radius 2 is 2.14 bits per heavy atom. The van der Waals surface area contributed by atoms with E-state index in [-0.39, 0.29) is 5.91 Å². The Labute approximate surface area is 148 Å². The van der Waals surface area contributed by atoms with Crippen molar-refractivity contribution in [2.24, 2.45) is 5.92 Å². The summed E-state index contributed by atoms with van der Waals surface area (Å²) in [7, 11) is 0. The fraction of sp³-hybridized carbons (Fsp3) is 0.235. The second kappa shape index (κ2) is 6.87. The molecule has 1 atom stereocenters. The van der Waals surface area contributed by atoms with Gasteiger partial charge < -0.3 is 10.1 Å². The molecule has 1 N–H and O–H groups in total. The van der Waals surface area contributed by atoms with Crippen molar-refractivity contribution in [3.63, 3.8) is 0 Å². The van der Waals surface area contributed by atoms with Gasteiger partial charge in [-0.2, -0.15) is 0 Å². The van der Waals surface area contributed by atoms with Crippen molar-refractivity contribution in [3.8, 4) is 5.75 Å². The normalized spacial score (nSPS) is 16.5. The van der Waals surface area contributed by atoms with Gasteiger partial charge in [0.25, 0.3) is 5.91 Å². The molecular weight excluding hydrogens is 413 g/mol. The molecule has 0 spiro atoms. The maximum atomic E-state index is 12.3. The van der Waals surface area contributed by atoms with Crippen LogP contribution in [0, 0.1) is 9.49 Å². The van der Waals surface area contributed by atoms with Gasteiger partial charge in [0.15, 0.2) is 0 Å². The van der Waals surface area contributed by atoms with Crippen molar-refractivity contribution in [2.75, 3.05) is 13.2 Å². The summed E-state index contributed by atoms with van der Waals surface area (Å²) >= 11 is 8.04. The molecule has 2 aromatic carbocycles. The van der Waals surface area contributed by atoms with Crippen LogP contribution in [0.15, 0.2) is 42.5 Å². The first-order valence-corrected chi connectivity index (χ1v) is 8.53. The number of benzene rings is 2. The number of fused-ring (bicyclic) bond motifs is 1. The van der Waals surface area contributed by atoms with E-state index in [2.05, 4.69) is 34.0 Å². The highest BCUT2D eigenvalue weighted by Crippen LogP contribution is 2.26. The predicted molar refractivity (Wildman–Crippen MR) is 95.6 cm³/mol. The van der Waals surface area contributed by atoms with Crippen LogP contribution in [0.25, 0.3) is 0 Å². The van der Waals surface area contributed by atoms with Crippen molar-refractivity contribution in [1.82, 2.24) is 5.32 Å². The standard InChI is InChI=1S/C17H15ClINO2/c18-13-5-6-14(15(19)8-13)17(21)20-9-11-7-12-3-1-2-4-16(12)22-10-11/h1-6,8,11H,7,9-10H2,(H,20,21)/t11-/m1/s1. The lowest BCUT2D eigenvalue weighted by Crippen LogP contribution is -2.35. The zero-order valence-electron chi connectivity index (χ0n) is 11.8. The van der Waals surface area contributed by atoms with E-state index < -0.39 is 0 Å². The number of carbonyl (C=O) groups excluding carboxylic acids is 1. The Morgan fingerprint density at radius 1 is 1.32 bits per heavy atom. The molecule has 114 valence electrons. The highest BCUT2D eigenvalue weighted by molar-refractivity contribution is 14.1. The number of halogens is 2. The van der Waals surface area contributed by atoms with E-state index in [1.165, 1.54) is 5.56 Å². The summed E-state index contributed by atoms with van der Waals surface area (Å²) < 4.78 is 6.60. The second-order valence-electron chi connectivity index (χ2n) is 5.32. The molecule has 0 radical (unpaired) electrons. The lowest BCUT2D eigenvalue weighted by Gasteiger charge is -2.25. The Kier molecular flexibility index (Phi) is 4.88. The van der Waals surface area contributed by atoms with Gasteiger partial charge in [0.1, 0.15) is 5.75 Å². The van der Waals surface area contributed by atoms with Gasteiger partial charge in [0.05, 0.1) is 12.2 Å². The van der Waals surface area contributed by atoms with Crippen LogP contribution >= 0.6 is 34.2 Å². The van der Waals surface area contributed by atoms with Crippen molar-refractivity contribution < 1.29 is 9.53 Å². The highest BCUT2D eigenvalue weighted by Gasteiger charge is 2.20. The molecule has 0 unspecified atom stereocenters. The summed E-state index contributed by atoms with van der Waals surface area (Å²) in [5.41, 5.74) is 1.86. The van der Waals surface area contributed by atoms with Crippen molar-refractivity contribution >= 4 is 40.1 Å². The molecule has 22 heavy (non-hydrogen) atoms. The van der Waals surface area contributed by atoms with Crippen LogP contribution in [0.5, 0.6) is 5.75 Å². The molecule has 0 bridgehead atoms. The largest absolute Gasteiger partial charge is 0.493 e. The van der Waals surface area contributed by atoms with E-state index in [0.717, 1.165) is 15.7 Å². The fourth-order valence-corrected chi connectivity index (χ4v) is 3.64. The molecule has 1 heterocycles. The van der Waals surface area contributed by atoms with Crippen LogP contribution in [0.2, 0.25) is 5.02 Å². The quantitative estimate of drug-likeness (QED) is 0.754. The molecule has 0 aliphatic carbocycles. The van der Waals surface area contributed by atoms with Crippen molar-refractivity contribution in [1.29, 1.82) is 0 Å². The van der Waals surface area contributed by atoms with Crippen LogP contribution in [0.3, 0.4) is 0 Å². The minimum absolute atomic E-state index is 0.0695. The first-order valence-electron chi connectivity index (χ1n) is 7.07. The third-order valence-electron chi connectivity index (χ3n) is 3.68. The van der Waals surface area contributed by atoms with Gasteiger partial charge in [0, 0.05) is 21.1 Å². The van der Waals surface area contributed by atoms with Crippen molar-refractivity contribution in [3.05, 3.63) is 62.2 Å². The summed E-state index contributed by atoms with van der Waals surface area (Å²) in [5, 5.41) is 3.63. The summed E-state index contributed by atoms with van der Waals surface area (Å²) in [6, 6.07) is 13.3. The van der Waals surface area contributed by atoms with Crippen LogP contribution in [0.1, 0.15) is 15.9 Å². The Morgan fingerprint density at radius 3 is 2.95 bits per heavy atom. The zero-order chi connectivity index (χ0) is 15.5. The minimum Gasteiger partial charge on any atom is -0.493 e. The van der Waals surface area contributed by atoms with Crippen molar-refractivity contribution in [2.45, 2.75) is 6.42 Å². The highest BCUT2D eigenvalue weighted by atomic mass is 127. The Hall–Kier alpha value is -1.27. The van der Waals surface area contributed by atoms with Crippen LogP contribution in [-0.2, 0) is 6.42 Å². The number of rotatable bonds is 3. The van der Waals surface area contributed by atoms with E-state index in [1.807, 2.05) is 18.2 Å². The SMILES string of the molecule is O=C(NC[C@@H]1COc2ccccc2C1)c1ccc(Cl)cc1I. The molecular formula is C17H15ClINO2. The lowest BCUT2D eigenvalue weighted by molar-refractivity contribution is 0.0938. The number of amides is 1. The number of hydrogen-bond acceptors (Lipinski definition) is 2. The molecule has 0 aromatic heterocycles. The number of hydrogen-bond donors (Lipinski definition) is 1. The summed E-state index contributed by atoms with van der Waals surface area (Å²) in [5.74, 6) is 1.18. The maximum absolute atomic E-state index is 12.3. The first-order chi connectivity index (χ1) is 10.6. The number of para-hydroxylation sites is 1. The van der Waals surface area contributed by atoms with Gasteiger partial charge in [-0.05, 0) is 58.8 Å². The minimum atomic E-state index is -0.0695. The maximum Gasteiger partial charge on any atom is 0.252 e. The Bertz CT molecular complexity index is 705. The van der Waals surface area contributed by atoms with E-state index in [1.54, 1.807) is 18.2 Å². The molecule has 0 fully saturated rings. The average molecular weight is 428 g/mol. The van der Waals surface area contributed by atoms with Crippen LogP contribution in [-0.4, -0.2) is 19.1 Å².